The van der Waals surface area contributed by atoms with Crippen molar-refractivity contribution < 1.29 is 29.4 Å². The summed E-state index contributed by atoms with van der Waals surface area (Å²) in [4.78, 5) is 45.0. The van der Waals surface area contributed by atoms with Gasteiger partial charge in [-0.1, -0.05) is 0 Å². The molecule has 0 bridgehead atoms. The fourth-order valence-corrected chi connectivity index (χ4v) is 1.87. The van der Waals surface area contributed by atoms with Crippen molar-refractivity contribution in [1.82, 2.24) is 21.3 Å². The fraction of sp³-hybridized carbons (Fsp3) is 0.667. The third kappa shape index (κ3) is 6.06. The number of carboxylic acid groups (broad SMARTS) is 1. The summed E-state index contributed by atoms with van der Waals surface area (Å²) in [6, 6.07) is -1.71. The van der Waals surface area contributed by atoms with Gasteiger partial charge in [0.1, 0.15) is 6.04 Å². The molecule has 6 N–H and O–H groups in total. The molecule has 10 heteroatoms. The Hall–Kier alpha value is -2.20. The number of aliphatic hydroxyl groups excluding tert-OH is 1. The van der Waals surface area contributed by atoms with Gasteiger partial charge in [-0.2, -0.15) is 0 Å². The fourth-order valence-electron chi connectivity index (χ4n) is 1.87. The van der Waals surface area contributed by atoms with E-state index in [0.717, 1.165) is 13.0 Å². The highest BCUT2D eigenvalue weighted by Gasteiger charge is 2.22. The number of nitrogens with one attached hydrogen (secondary N) is 4. The second-order valence-corrected chi connectivity index (χ2v) is 4.78. The summed E-state index contributed by atoms with van der Waals surface area (Å²) < 4.78 is 0. The number of hydrogen-bond acceptors (Lipinski definition) is 6. The minimum absolute atomic E-state index is 0.271. The van der Waals surface area contributed by atoms with Gasteiger partial charge in [-0.3, -0.25) is 14.4 Å². The summed E-state index contributed by atoms with van der Waals surface area (Å²) in [5, 5.41) is 27.1. The first-order chi connectivity index (χ1) is 10.4. The summed E-state index contributed by atoms with van der Waals surface area (Å²) in [6.07, 6.45) is 1.62. The molecule has 124 valence electrons. The molecule has 0 aromatic heterocycles. The lowest BCUT2D eigenvalue weighted by molar-refractivity contribution is -0.142. The molecule has 1 heterocycles. The van der Waals surface area contributed by atoms with Crippen LogP contribution in [0.15, 0.2) is 0 Å². The lowest BCUT2D eigenvalue weighted by Crippen LogP contribution is -2.49. The molecule has 3 amide bonds. The van der Waals surface area contributed by atoms with E-state index < -0.39 is 37.0 Å². The van der Waals surface area contributed by atoms with Crippen LogP contribution >= 0.6 is 0 Å². The highest BCUT2D eigenvalue weighted by atomic mass is 16.4. The predicted molar refractivity (Wildman–Crippen MR) is 73.7 cm³/mol. The maximum atomic E-state index is 11.6. The molecule has 2 atom stereocenters. The zero-order valence-electron chi connectivity index (χ0n) is 11.9. The predicted octanol–water partition coefficient (Wildman–Crippen LogP) is -3.47. The molecule has 0 saturated carbocycles. The van der Waals surface area contributed by atoms with Crippen LogP contribution in [0.5, 0.6) is 0 Å². The summed E-state index contributed by atoms with van der Waals surface area (Å²) >= 11 is 0. The molecule has 0 aliphatic carbocycles. The molecule has 0 aromatic carbocycles. The smallest absolute Gasteiger partial charge is 0.328 e. The minimum atomic E-state index is -1.42. The molecular weight excluding hydrogens is 296 g/mol. The monoisotopic (exact) mass is 316 g/mol. The number of carbonyl (C=O) groups excluding carboxylic acids is 3. The molecule has 0 aromatic rings. The maximum Gasteiger partial charge on any atom is 0.328 e. The van der Waals surface area contributed by atoms with E-state index in [4.69, 9.17) is 10.2 Å². The Kier molecular flexibility index (Phi) is 7.26. The first-order valence-electron chi connectivity index (χ1n) is 6.85. The largest absolute Gasteiger partial charge is 0.480 e. The zero-order valence-corrected chi connectivity index (χ0v) is 11.9. The van der Waals surface area contributed by atoms with Gasteiger partial charge in [0.25, 0.3) is 0 Å². The molecule has 1 aliphatic rings. The normalized spacial score (nSPS) is 18.3. The molecule has 1 aliphatic heterocycles. The number of amides is 3. The number of aliphatic carboxylic acids is 1. The first-order valence-corrected chi connectivity index (χ1v) is 6.85. The minimum Gasteiger partial charge on any atom is -0.480 e. The molecule has 1 saturated heterocycles. The number of rotatable bonds is 8. The lowest BCUT2D eigenvalue weighted by atomic mass is 10.2. The number of hydrogen-bond donors (Lipinski definition) is 6. The molecule has 0 radical (unpaired) electrons. The summed E-state index contributed by atoms with van der Waals surface area (Å²) in [7, 11) is 0. The average molecular weight is 316 g/mol. The third-order valence-electron chi connectivity index (χ3n) is 3.06. The van der Waals surface area contributed by atoms with Crippen LogP contribution in [0.1, 0.15) is 12.8 Å². The summed E-state index contributed by atoms with van der Waals surface area (Å²) in [5.74, 6) is -2.97. The van der Waals surface area contributed by atoms with Gasteiger partial charge in [-0.25, -0.2) is 4.79 Å². The van der Waals surface area contributed by atoms with Crippen LogP contribution in [0.4, 0.5) is 0 Å². The lowest BCUT2D eigenvalue weighted by Gasteiger charge is -2.13. The number of carbonyl (C=O) groups is 4. The van der Waals surface area contributed by atoms with Crippen LogP contribution in [-0.4, -0.2) is 72.2 Å². The van der Waals surface area contributed by atoms with Gasteiger partial charge in [-0.15, -0.1) is 0 Å². The van der Waals surface area contributed by atoms with E-state index in [0.29, 0.717) is 6.42 Å². The Morgan fingerprint density at radius 2 is 1.82 bits per heavy atom. The first kappa shape index (κ1) is 17.9. The van der Waals surface area contributed by atoms with E-state index in [-0.39, 0.29) is 18.5 Å². The standard InChI is InChI=1S/C12H20N4O6/c17-6-8(12(21)22)16-10(19)5-14-9(18)4-15-11(20)7-2-1-3-13-7/h7-8,13,17H,1-6H2,(H,14,18)(H,15,20)(H,16,19)(H,21,22)/t7-,8-/m0/s1. The molecule has 1 rings (SSSR count). The Bertz CT molecular complexity index is 435. The molecule has 10 nitrogen and oxygen atoms in total. The average Bonchev–Trinajstić information content (AvgIpc) is 3.02. The molecule has 0 spiro atoms. The molecular formula is C12H20N4O6. The Morgan fingerprint density at radius 3 is 2.36 bits per heavy atom. The van der Waals surface area contributed by atoms with Crippen molar-refractivity contribution in [2.24, 2.45) is 0 Å². The van der Waals surface area contributed by atoms with Gasteiger partial charge < -0.3 is 31.5 Å². The second kappa shape index (κ2) is 8.95. The van der Waals surface area contributed by atoms with Crippen molar-refractivity contribution >= 4 is 23.7 Å². The SMILES string of the molecule is O=C(CNC(=O)[C@@H]1CCCN1)NCC(=O)N[C@@H](CO)C(=O)O. The van der Waals surface area contributed by atoms with E-state index in [1.807, 2.05) is 5.32 Å². The second-order valence-electron chi connectivity index (χ2n) is 4.78. The Balaban J connectivity index is 2.20. The highest BCUT2D eigenvalue weighted by Crippen LogP contribution is 2.03. The van der Waals surface area contributed by atoms with Gasteiger partial charge in [-0.05, 0) is 19.4 Å². The van der Waals surface area contributed by atoms with Gasteiger partial charge in [0.2, 0.25) is 17.7 Å². The van der Waals surface area contributed by atoms with Gasteiger partial charge in [0.05, 0.1) is 25.7 Å². The van der Waals surface area contributed by atoms with Crippen molar-refractivity contribution in [3.63, 3.8) is 0 Å². The number of carboxylic acids is 1. The summed E-state index contributed by atoms with van der Waals surface area (Å²) in [6.45, 7) is -0.702. The van der Waals surface area contributed by atoms with E-state index >= 15 is 0 Å². The quantitative estimate of drug-likeness (QED) is 0.271. The summed E-state index contributed by atoms with van der Waals surface area (Å²) in [5.41, 5.74) is 0. The van der Waals surface area contributed by atoms with E-state index in [1.54, 1.807) is 0 Å². The van der Waals surface area contributed by atoms with Crippen LogP contribution < -0.4 is 21.3 Å². The van der Waals surface area contributed by atoms with E-state index in [1.165, 1.54) is 0 Å². The van der Waals surface area contributed by atoms with Gasteiger partial charge in [0, 0.05) is 0 Å². The third-order valence-corrected chi connectivity index (χ3v) is 3.06. The van der Waals surface area contributed by atoms with E-state index in [9.17, 15) is 19.2 Å². The maximum absolute atomic E-state index is 11.6. The van der Waals surface area contributed by atoms with Crippen LogP contribution in [0.25, 0.3) is 0 Å². The topological polar surface area (TPSA) is 157 Å². The highest BCUT2D eigenvalue weighted by molar-refractivity contribution is 5.90. The van der Waals surface area contributed by atoms with Crippen molar-refractivity contribution in [3.8, 4) is 0 Å². The van der Waals surface area contributed by atoms with Crippen LogP contribution in [0.2, 0.25) is 0 Å². The number of aliphatic hydroxyl groups is 1. The van der Waals surface area contributed by atoms with Crippen molar-refractivity contribution in [2.75, 3.05) is 26.2 Å². The molecule has 1 fully saturated rings. The van der Waals surface area contributed by atoms with Crippen LogP contribution in [0, 0.1) is 0 Å². The van der Waals surface area contributed by atoms with E-state index in [2.05, 4.69) is 16.0 Å². The molecule has 22 heavy (non-hydrogen) atoms. The van der Waals surface area contributed by atoms with Crippen LogP contribution in [0.3, 0.4) is 0 Å². The van der Waals surface area contributed by atoms with Crippen molar-refractivity contribution in [1.29, 1.82) is 0 Å². The van der Waals surface area contributed by atoms with Crippen LogP contribution in [-0.2, 0) is 19.2 Å². The molecule has 0 unspecified atom stereocenters. The van der Waals surface area contributed by atoms with Crippen molar-refractivity contribution in [2.45, 2.75) is 24.9 Å². The zero-order chi connectivity index (χ0) is 16.5. The Labute approximate surface area is 126 Å². The van der Waals surface area contributed by atoms with Gasteiger partial charge >= 0.3 is 5.97 Å². The van der Waals surface area contributed by atoms with Crippen molar-refractivity contribution in [3.05, 3.63) is 0 Å². The Morgan fingerprint density at radius 1 is 1.14 bits per heavy atom. The van der Waals surface area contributed by atoms with Gasteiger partial charge in [0.15, 0.2) is 0 Å².